The Balaban J connectivity index is 1.44. The fraction of sp³-hybridized carbons (Fsp3) is 0.273. The molecule has 0 amide bonds. The highest BCUT2D eigenvalue weighted by atomic mass is 16.5. The molecule has 1 aliphatic heterocycles. The summed E-state index contributed by atoms with van der Waals surface area (Å²) in [5.41, 5.74) is 3.11. The molecule has 1 fully saturated rings. The topological polar surface area (TPSA) is 71.5 Å². The van der Waals surface area contributed by atoms with Gasteiger partial charge >= 0.3 is 0 Å². The number of hydrogen-bond acceptors (Lipinski definition) is 7. The molecule has 1 aromatic heterocycles. The van der Waals surface area contributed by atoms with Gasteiger partial charge in [0.25, 0.3) is 0 Å². The highest BCUT2D eigenvalue weighted by Gasteiger charge is 2.12. The van der Waals surface area contributed by atoms with Gasteiger partial charge in [0.1, 0.15) is 18.0 Å². The maximum atomic E-state index is 5.35. The number of nitrogens with one attached hydrogen (secondary N) is 2. The molecule has 0 radical (unpaired) electrons. The van der Waals surface area contributed by atoms with Crippen LogP contribution in [0.15, 0.2) is 54.9 Å². The van der Waals surface area contributed by atoms with Gasteiger partial charge in [-0.15, -0.1) is 0 Å². The van der Waals surface area contributed by atoms with Crippen LogP contribution < -0.4 is 25.0 Å². The van der Waals surface area contributed by atoms with E-state index >= 15 is 0 Å². The first-order valence-electron chi connectivity index (χ1n) is 9.68. The third-order valence-electron chi connectivity index (χ3n) is 4.93. The molecule has 0 bridgehead atoms. The summed E-state index contributed by atoms with van der Waals surface area (Å²) in [6.45, 7) is 2.29. The average Bonchev–Trinajstić information content (AvgIpc) is 3.29. The van der Waals surface area contributed by atoms with E-state index in [-0.39, 0.29) is 0 Å². The van der Waals surface area contributed by atoms with Crippen molar-refractivity contribution in [3.8, 4) is 11.5 Å². The summed E-state index contributed by atoms with van der Waals surface area (Å²) in [4.78, 5) is 11.0. The van der Waals surface area contributed by atoms with E-state index in [4.69, 9.17) is 9.47 Å². The summed E-state index contributed by atoms with van der Waals surface area (Å²) >= 11 is 0. The van der Waals surface area contributed by atoms with Crippen LogP contribution in [0.2, 0.25) is 0 Å². The molecule has 7 heteroatoms. The Morgan fingerprint density at radius 2 is 1.38 bits per heavy atom. The van der Waals surface area contributed by atoms with E-state index in [1.807, 2.05) is 24.3 Å². The molecular weight excluding hydrogens is 366 g/mol. The van der Waals surface area contributed by atoms with Gasteiger partial charge in [-0.05, 0) is 49.2 Å². The molecule has 0 spiro atoms. The fourth-order valence-electron chi connectivity index (χ4n) is 3.43. The molecule has 2 heterocycles. The van der Waals surface area contributed by atoms with Gasteiger partial charge in [0.05, 0.1) is 14.2 Å². The fourth-order valence-corrected chi connectivity index (χ4v) is 3.43. The maximum Gasteiger partial charge on any atom is 0.162 e. The lowest BCUT2D eigenvalue weighted by Gasteiger charge is -2.18. The van der Waals surface area contributed by atoms with Crippen molar-refractivity contribution < 1.29 is 9.47 Å². The number of rotatable bonds is 7. The standard InChI is InChI=1S/C22H25N5O2/c1-28-19-10-7-17(13-20(19)29-2)26-22-14-21(23-15-24-22)25-16-5-8-18(9-6-16)27-11-3-4-12-27/h5-10,13-15H,3-4,11-12H2,1-2H3,(H2,23,24,25,26). The van der Waals surface area contributed by atoms with Gasteiger partial charge in [0, 0.05) is 42.3 Å². The SMILES string of the molecule is COc1ccc(Nc2cc(Nc3ccc(N4CCCC4)cc3)ncn2)cc1OC. The number of nitrogens with zero attached hydrogens (tertiary/aromatic N) is 3. The van der Waals surface area contributed by atoms with Gasteiger partial charge < -0.3 is 25.0 Å². The third-order valence-corrected chi connectivity index (χ3v) is 4.93. The van der Waals surface area contributed by atoms with Crippen LogP contribution in [-0.4, -0.2) is 37.3 Å². The van der Waals surface area contributed by atoms with Gasteiger partial charge in [-0.1, -0.05) is 0 Å². The van der Waals surface area contributed by atoms with Crippen molar-refractivity contribution in [2.45, 2.75) is 12.8 Å². The average molecular weight is 391 g/mol. The number of methoxy groups -OCH3 is 2. The minimum absolute atomic E-state index is 0.656. The second-order valence-electron chi connectivity index (χ2n) is 6.85. The molecule has 0 aliphatic carbocycles. The lowest BCUT2D eigenvalue weighted by atomic mass is 10.2. The minimum Gasteiger partial charge on any atom is -0.493 e. The summed E-state index contributed by atoms with van der Waals surface area (Å²) < 4.78 is 10.6. The van der Waals surface area contributed by atoms with E-state index in [1.54, 1.807) is 14.2 Å². The smallest absolute Gasteiger partial charge is 0.162 e. The zero-order valence-electron chi connectivity index (χ0n) is 16.7. The van der Waals surface area contributed by atoms with E-state index in [9.17, 15) is 0 Å². The number of benzene rings is 2. The number of ether oxygens (including phenoxy) is 2. The number of anilines is 5. The van der Waals surface area contributed by atoms with E-state index < -0.39 is 0 Å². The summed E-state index contributed by atoms with van der Waals surface area (Å²) in [5, 5.41) is 6.60. The summed E-state index contributed by atoms with van der Waals surface area (Å²) in [5.74, 6) is 2.74. The molecule has 1 saturated heterocycles. The predicted molar refractivity (Wildman–Crippen MR) is 116 cm³/mol. The van der Waals surface area contributed by atoms with E-state index in [1.165, 1.54) is 24.9 Å². The maximum absolute atomic E-state index is 5.35. The minimum atomic E-state index is 0.656. The van der Waals surface area contributed by atoms with Crippen LogP contribution in [0.4, 0.5) is 28.7 Å². The third kappa shape index (κ3) is 4.51. The van der Waals surface area contributed by atoms with Crippen molar-refractivity contribution in [2.75, 3.05) is 42.8 Å². The van der Waals surface area contributed by atoms with Crippen LogP contribution in [0.5, 0.6) is 11.5 Å². The molecule has 1 aliphatic rings. The van der Waals surface area contributed by atoms with Gasteiger partial charge in [0.2, 0.25) is 0 Å². The summed E-state index contributed by atoms with van der Waals surface area (Å²) in [6, 6.07) is 16.0. The van der Waals surface area contributed by atoms with Crippen LogP contribution >= 0.6 is 0 Å². The van der Waals surface area contributed by atoms with Crippen molar-refractivity contribution in [1.82, 2.24) is 9.97 Å². The Morgan fingerprint density at radius 3 is 2.03 bits per heavy atom. The molecule has 3 aromatic rings. The Kier molecular flexibility index (Phi) is 5.65. The van der Waals surface area contributed by atoms with Crippen LogP contribution in [0.1, 0.15) is 12.8 Å². The largest absolute Gasteiger partial charge is 0.493 e. The van der Waals surface area contributed by atoms with E-state index in [0.717, 1.165) is 30.3 Å². The lowest BCUT2D eigenvalue weighted by Crippen LogP contribution is -2.17. The Morgan fingerprint density at radius 1 is 0.759 bits per heavy atom. The van der Waals surface area contributed by atoms with E-state index in [0.29, 0.717) is 17.3 Å². The molecular formula is C22H25N5O2. The molecule has 2 N–H and O–H groups in total. The van der Waals surface area contributed by atoms with Crippen LogP contribution in [0, 0.1) is 0 Å². The molecule has 150 valence electrons. The van der Waals surface area contributed by atoms with Crippen LogP contribution in [0.3, 0.4) is 0 Å². The lowest BCUT2D eigenvalue weighted by molar-refractivity contribution is 0.355. The van der Waals surface area contributed by atoms with Crippen molar-refractivity contribution in [2.24, 2.45) is 0 Å². The predicted octanol–water partition coefficient (Wildman–Crippen LogP) is 4.58. The van der Waals surface area contributed by atoms with Crippen LogP contribution in [0.25, 0.3) is 0 Å². The number of hydrogen-bond donors (Lipinski definition) is 2. The second-order valence-corrected chi connectivity index (χ2v) is 6.85. The zero-order valence-corrected chi connectivity index (χ0v) is 16.7. The first-order chi connectivity index (χ1) is 14.2. The highest BCUT2D eigenvalue weighted by Crippen LogP contribution is 2.31. The van der Waals surface area contributed by atoms with Crippen molar-refractivity contribution in [1.29, 1.82) is 0 Å². The van der Waals surface area contributed by atoms with Crippen molar-refractivity contribution in [3.63, 3.8) is 0 Å². The van der Waals surface area contributed by atoms with Gasteiger partial charge in [-0.25, -0.2) is 9.97 Å². The Labute approximate surface area is 170 Å². The highest BCUT2D eigenvalue weighted by molar-refractivity contribution is 5.66. The Bertz CT molecular complexity index is 956. The molecule has 0 saturated carbocycles. The van der Waals surface area contributed by atoms with Gasteiger partial charge in [-0.3, -0.25) is 0 Å². The Hall–Kier alpha value is -3.48. The molecule has 0 atom stereocenters. The first kappa shape index (κ1) is 18.9. The quantitative estimate of drug-likeness (QED) is 0.611. The molecule has 2 aromatic carbocycles. The number of aromatic nitrogens is 2. The van der Waals surface area contributed by atoms with Crippen molar-refractivity contribution >= 4 is 28.7 Å². The zero-order chi connectivity index (χ0) is 20.1. The van der Waals surface area contributed by atoms with Gasteiger partial charge in [-0.2, -0.15) is 0 Å². The first-order valence-corrected chi connectivity index (χ1v) is 9.68. The molecule has 0 unspecified atom stereocenters. The monoisotopic (exact) mass is 391 g/mol. The van der Waals surface area contributed by atoms with E-state index in [2.05, 4.69) is 49.8 Å². The molecule has 4 rings (SSSR count). The second kappa shape index (κ2) is 8.68. The molecule has 29 heavy (non-hydrogen) atoms. The normalized spacial score (nSPS) is 13.2. The summed E-state index contributed by atoms with van der Waals surface area (Å²) in [6.07, 6.45) is 4.08. The molecule has 7 nitrogen and oxygen atoms in total. The van der Waals surface area contributed by atoms with Crippen LogP contribution in [-0.2, 0) is 0 Å². The van der Waals surface area contributed by atoms with Crippen molar-refractivity contribution in [3.05, 3.63) is 54.9 Å². The summed E-state index contributed by atoms with van der Waals surface area (Å²) in [7, 11) is 3.23. The van der Waals surface area contributed by atoms with Gasteiger partial charge in [0.15, 0.2) is 11.5 Å².